The first-order valence-corrected chi connectivity index (χ1v) is 7.62. The molecule has 1 amide bonds. The standard InChI is InChI=1S/C18H19F3N2O.ClH/c19-18(20,21)16-8-4-7-15(13-16)17(24)23(12-10-22)11-9-14-5-2-1-3-6-14;/h1-8,13H,9-12,22H2;1H. The second-order valence-electron chi connectivity index (χ2n) is 5.40. The molecule has 2 aromatic carbocycles. The van der Waals surface area contributed by atoms with Crippen molar-refractivity contribution in [3.05, 3.63) is 71.3 Å². The summed E-state index contributed by atoms with van der Waals surface area (Å²) >= 11 is 0. The Morgan fingerprint density at radius 3 is 2.28 bits per heavy atom. The number of carbonyl (C=O) groups excluding carboxylic acids is 1. The van der Waals surface area contributed by atoms with E-state index in [1.165, 1.54) is 17.0 Å². The highest BCUT2D eigenvalue weighted by Crippen LogP contribution is 2.29. The maximum Gasteiger partial charge on any atom is 0.416 e. The fourth-order valence-electron chi connectivity index (χ4n) is 2.39. The Balaban J connectivity index is 0.00000312. The van der Waals surface area contributed by atoms with Crippen LogP contribution < -0.4 is 5.73 Å². The molecular formula is C18H20ClF3N2O. The summed E-state index contributed by atoms with van der Waals surface area (Å²) < 4.78 is 38.4. The van der Waals surface area contributed by atoms with Crippen LogP contribution in [0, 0.1) is 0 Å². The smallest absolute Gasteiger partial charge is 0.337 e. The number of rotatable bonds is 6. The van der Waals surface area contributed by atoms with Gasteiger partial charge >= 0.3 is 6.18 Å². The number of nitrogens with two attached hydrogens (primary N) is 1. The fraction of sp³-hybridized carbons (Fsp3) is 0.278. The molecule has 0 aliphatic rings. The average molecular weight is 373 g/mol. The van der Waals surface area contributed by atoms with Crippen LogP contribution in [-0.4, -0.2) is 30.4 Å². The van der Waals surface area contributed by atoms with Crippen LogP contribution in [0.1, 0.15) is 21.5 Å². The minimum absolute atomic E-state index is 0. The van der Waals surface area contributed by atoms with Crippen LogP contribution in [0.25, 0.3) is 0 Å². The fourth-order valence-corrected chi connectivity index (χ4v) is 2.39. The molecule has 25 heavy (non-hydrogen) atoms. The molecule has 0 aliphatic heterocycles. The van der Waals surface area contributed by atoms with Gasteiger partial charge in [0.25, 0.3) is 5.91 Å². The molecule has 0 saturated carbocycles. The lowest BCUT2D eigenvalue weighted by Gasteiger charge is -2.22. The van der Waals surface area contributed by atoms with Gasteiger partial charge in [-0.1, -0.05) is 36.4 Å². The lowest BCUT2D eigenvalue weighted by atomic mass is 10.1. The van der Waals surface area contributed by atoms with E-state index in [1.54, 1.807) is 0 Å². The quantitative estimate of drug-likeness (QED) is 0.839. The Labute approximate surface area is 151 Å². The number of hydrogen-bond acceptors (Lipinski definition) is 2. The molecule has 0 unspecified atom stereocenters. The molecule has 0 bridgehead atoms. The molecule has 0 aromatic heterocycles. The topological polar surface area (TPSA) is 46.3 Å². The number of benzene rings is 2. The van der Waals surface area contributed by atoms with Gasteiger partial charge in [0.05, 0.1) is 5.56 Å². The zero-order chi connectivity index (χ0) is 17.6. The minimum atomic E-state index is -4.47. The number of nitrogens with zero attached hydrogens (tertiary/aromatic N) is 1. The van der Waals surface area contributed by atoms with Crippen molar-refractivity contribution in [3.8, 4) is 0 Å². The van der Waals surface area contributed by atoms with E-state index in [2.05, 4.69) is 0 Å². The first kappa shape index (κ1) is 21.0. The normalized spacial score (nSPS) is 10.9. The van der Waals surface area contributed by atoms with Gasteiger partial charge in [-0.05, 0) is 30.2 Å². The molecular weight excluding hydrogens is 353 g/mol. The molecule has 136 valence electrons. The van der Waals surface area contributed by atoms with Crippen LogP contribution in [0.15, 0.2) is 54.6 Å². The van der Waals surface area contributed by atoms with Crippen LogP contribution in [0.5, 0.6) is 0 Å². The van der Waals surface area contributed by atoms with Gasteiger partial charge in [0.15, 0.2) is 0 Å². The van der Waals surface area contributed by atoms with Crippen molar-refractivity contribution in [1.29, 1.82) is 0 Å². The van der Waals surface area contributed by atoms with E-state index in [-0.39, 0.29) is 24.5 Å². The average Bonchev–Trinajstić information content (AvgIpc) is 2.58. The van der Waals surface area contributed by atoms with Crippen molar-refractivity contribution in [2.24, 2.45) is 5.73 Å². The summed E-state index contributed by atoms with van der Waals surface area (Å²) in [5, 5.41) is 0. The summed E-state index contributed by atoms with van der Waals surface area (Å²) in [5.41, 5.74) is 5.78. The number of halogens is 4. The van der Waals surface area contributed by atoms with Gasteiger partial charge in [0.1, 0.15) is 0 Å². The lowest BCUT2D eigenvalue weighted by Crippen LogP contribution is -2.37. The lowest BCUT2D eigenvalue weighted by molar-refractivity contribution is -0.137. The predicted octanol–water partition coefficient (Wildman–Crippen LogP) is 3.77. The highest BCUT2D eigenvalue weighted by atomic mass is 35.5. The van der Waals surface area contributed by atoms with Gasteiger partial charge < -0.3 is 10.6 Å². The largest absolute Gasteiger partial charge is 0.416 e. The van der Waals surface area contributed by atoms with Crippen molar-refractivity contribution in [3.63, 3.8) is 0 Å². The second-order valence-corrected chi connectivity index (χ2v) is 5.40. The third kappa shape index (κ3) is 6.07. The number of hydrogen-bond donors (Lipinski definition) is 1. The summed E-state index contributed by atoms with van der Waals surface area (Å²) in [7, 11) is 0. The maximum atomic E-state index is 12.8. The third-order valence-corrected chi connectivity index (χ3v) is 3.64. The molecule has 0 spiro atoms. The molecule has 0 radical (unpaired) electrons. The molecule has 3 nitrogen and oxygen atoms in total. The van der Waals surface area contributed by atoms with Crippen molar-refractivity contribution in [1.82, 2.24) is 4.90 Å². The Kier molecular flexibility index (Phi) is 7.93. The minimum Gasteiger partial charge on any atom is -0.337 e. The monoisotopic (exact) mass is 372 g/mol. The molecule has 2 N–H and O–H groups in total. The summed E-state index contributed by atoms with van der Waals surface area (Å²) in [6.07, 6.45) is -3.86. The van der Waals surface area contributed by atoms with Gasteiger partial charge in [0, 0.05) is 25.2 Å². The molecule has 0 atom stereocenters. The summed E-state index contributed by atoms with van der Waals surface area (Å²) in [6.45, 7) is 0.942. The Morgan fingerprint density at radius 2 is 1.68 bits per heavy atom. The van der Waals surface area contributed by atoms with Crippen LogP contribution >= 0.6 is 12.4 Å². The van der Waals surface area contributed by atoms with Gasteiger partial charge in [-0.3, -0.25) is 4.79 Å². The number of alkyl halides is 3. The van der Waals surface area contributed by atoms with Gasteiger partial charge in [0.2, 0.25) is 0 Å². The molecule has 0 fully saturated rings. The van der Waals surface area contributed by atoms with Crippen molar-refractivity contribution in [2.75, 3.05) is 19.6 Å². The number of amides is 1. The highest BCUT2D eigenvalue weighted by molar-refractivity contribution is 5.94. The Hall–Kier alpha value is -2.05. The van der Waals surface area contributed by atoms with Crippen molar-refractivity contribution in [2.45, 2.75) is 12.6 Å². The maximum absolute atomic E-state index is 12.8. The van der Waals surface area contributed by atoms with Crippen molar-refractivity contribution < 1.29 is 18.0 Å². The molecule has 0 aliphatic carbocycles. The van der Waals surface area contributed by atoms with E-state index in [4.69, 9.17) is 5.73 Å². The van der Waals surface area contributed by atoms with Gasteiger partial charge in [-0.25, -0.2) is 0 Å². The Bertz CT molecular complexity index is 678. The van der Waals surface area contributed by atoms with E-state index in [0.29, 0.717) is 19.5 Å². The summed E-state index contributed by atoms with van der Waals surface area (Å²) in [5.74, 6) is -0.442. The summed E-state index contributed by atoms with van der Waals surface area (Å²) in [6, 6.07) is 14.0. The van der Waals surface area contributed by atoms with E-state index in [1.807, 2.05) is 30.3 Å². The van der Waals surface area contributed by atoms with E-state index < -0.39 is 17.6 Å². The molecule has 2 rings (SSSR count). The van der Waals surface area contributed by atoms with Crippen LogP contribution in [-0.2, 0) is 12.6 Å². The third-order valence-electron chi connectivity index (χ3n) is 3.64. The van der Waals surface area contributed by atoms with Crippen LogP contribution in [0.4, 0.5) is 13.2 Å². The van der Waals surface area contributed by atoms with Crippen LogP contribution in [0.3, 0.4) is 0 Å². The Morgan fingerprint density at radius 1 is 1.00 bits per heavy atom. The molecule has 0 saturated heterocycles. The second kappa shape index (κ2) is 9.44. The predicted molar refractivity (Wildman–Crippen MR) is 93.8 cm³/mol. The zero-order valence-corrected chi connectivity index (χ0v) is 14.3. The van der Waals surface area contributed by atoms with Crippen molar-refractivity contribution >= 4 is 18.3 Å². The van der Waals surface area contributed by atoms with Gasteiger partial charge in [-0.15, -0.1) is 12.4 Å². The molecule has 0 heterocycles. The van der Waals surface area contributed by atoms with E-state index >= 15 is 0 Å². The highest BCUT2D eigenvalue weighted by Gasteiger charge is 2.31. The van der Waals surface area contributed by atoms with Gasteiger partial charge in [-0.2, -0.15) is 13.2 Å². The first-order valence-electron chi connectivity index (χ1n) is 7.62. The first-order chi connectivity index (χ1) is 11.4. The number of carbonyl (C=O) groups is 1. The summed E-state index contributed by atoms with van der Waals surface area (Å²) in [4.78, 5) is 14.0. The van der Waals surface area contributed by atoms with E-state index in [0.717, 1.165) is 17.7 Å². The van der Waals surface area contributed by atoms with Crippen LogP contribution in [0.2, 0.25) is 0 Å². The molecule has 2 aromatic rings. The SMILES string of the molecule is Cl.NCCN(CCc1ccccc1)C(=O)c1cccc(C(F)(F)F)c1. The molecule has 7 heteroatoms. The van der Waals surface area contributed by atoms with E-state index in [9.17, 15) is 18.0 Å². The zero-order valence-electron chi connectivity index (χ0n) is 13.5.